The van der Waals surface area contributed by atoms with Gasteiger partial charge in [0.15, 0.2) is 5.82 Å². The number of hydrogen-bond donors (Lipinski definition) is 1. The SMILES string of the molecule is CC(C)(C)CC(CC(c1nn[nH]n1)C(C)(C)C)c1ccccc1. The van der Waals surface area contributed by atoms with Crippen LogP contribution in [0.3, 0.4) is 0 Å². The molecule has 0 saturated carbocycles. The summed E-state index contributed by atoms with van der Waals surface area (Å²) in [5.74, 6) is 1.58. The van der Waals surface area contributed by atoms with Crippen LogP contribution < -0.4 is 0 Å². The van der Waals surface area contributed by atoms with Gasteiger partial charge in [-0.1, -0.05) is 77.1 Å². The number of tetrazole rings is 1. The van der Waals surface area contributed by atoms with Crippen LogP contribution in [0.1, 0.15) is 77.6 Å². The van der Waals surface area contributed by atoms with Gasteiger partial charge in [0, 0.05) is 5.92 Å². The molecule has 1 N–H and O–H groups in total. The number of nitrogens with zero attached hydrogens (tertiary/aromatic N) is 3. The van der Waals surface area contributed by atoms with E-state index < -0.39 is 0 Å². The van der Waals surface area contributed by atoms with Crippen LogP contribution in [0.5, 0.6) is 0 Å². The first-order valence-corrected chi connectivity index (χ1v) is 8.45. The minimum absolute atomic E-state index is 0.0921. The van der Waals surface area contributed by atoms with E-state index in [2.05, 4.69) is 92.5 Å². The molecule has 2 aromatic rings. The molecule has 0 bridgehead atoms. The Hall–Kier alpha value is -1.71. The van der Waals surface area contributed by atoms with Crippen LogP contribution in [-0.2, 0) is 0 Å². The van der Waals surface area contributed by atoms with E-state index in [1.54, 1.807) is 0 Å². The average molecular weight is 314 g/mol. The van der Waals surface area contributed by atoms with Gasteiger partial charge in [0.05, 0.1) is 0 Å². The minimum atomic E-state index is 0.0921. The molecule has 2 atom stereocenters. The molecular formula is C19H30N4. The van der Waals surface area contributed by atoms with E-state index >= 15 is 0 Å². The zero-order chi connectivity index (χ0) is 17.1. The van der Waals surface area contributed by atoms with Crippen LogP contribution in [-0.4, -0.2) is 20.6 Å². The Balaban J connectivity index is 2.31. The zero-order valence-corrected chi connectivity index (χ0v) is 15.3. The van der Waals surface area contributed by atoms with Crippen molar-refractivity contribution in [2.45, 2.75) is 66.2 Å². The summed E-state index contributed by atoms with van der Waals surface area (Å²) >= 11 is 0. The third kappa shape index (κ3) is 5.15. The quantitative estimate of drug-likeness (QED) is 0.850. The molecule has 0 spiro atoms. The van der Waals surface area contributed by atoms with Gasteiger partial charge in [-0.15, -0.1) is 10.2 Å². The maximum Gasteiger partial charge on any atom is 0.178 e. The molecule has 0 aliphatic heterocycles. The Kier molecular flexibility index (Phi) is 5.23. The molecule has 0 amide bonds. The van der Waals surface area contributed by atoms with Gasteiger partial charge in [-0.2, -0.15) is 5.21 Å². The third-order valence-corrected chi connectivity index (χ3v) is 4.37. The van der Waals surface area contributed by atoms with Crippen molar-refractivity contribution in [3.05, 3.63) is 41.7 Å². The van der Waals surface area contributed by atoms with Crippen molar-refractivity contribution >= 4 is 0 Å². The Morgan fingerprint density at radius 3 is 2.13 bits per heavy atom. The van der Waals surface area contributed by atoms with Crippen molar-refractivity contribution in [3.8, 4) is 0 Å². The Bertz CT molecular complexity index is 576. The predicted molar refractivity (Wildman–Crippen MR) is 94.2 cm³/mol. The highest BCUT2D eigenvalue weighted by Crippen LogP contribution is 2.44. The predicted octanol–water partition coefficient (Wildman–Crippen LogP) is 4.94. The molecule has 0 aliphatic rings. The highest BCUT2D eigenvalue weighted by Gasteiger charge is 2.33. The smallest absolute Gasteiger partial charge is 0.177 e. The molecule has 2 unspecified atom stereocenters. The molecular weight excluding hydrogens is 284 g/mol. The van der Waals surface area contributed by atoms with Gasteiger partial charge >= 0.3 is 0 Å². The number of benzene rings is 1. The minimum Gasteiger partial charge on any atom is -0.177 e. The van der Waals surface area contributed by atoms with Crippen molar-refractivity contribution in [2.75, 3.05) is 0 Å². The molecule has 0 saturated heterocycles. The summed E-state index contributed by atoms with van der Waals surface area (Å²) in [5, 5.41) is 14.9. The van der Waals surface area contributed by atoms with Gasteiger partial charge in [-0.05, 0) is 35.2 Å². The highest BCUT2D eigenvalue weighted by molar-refractivity contribution is 5.21. The monoisotopic (exact) mass is 314 g/mol. The van der Waals surface area contributed by atoms with E-state index in [0.29, 0.717) is 5.92 Å². The maximum atomic E-state index is 4.28. The van der Waals surface area contributed by atoms with E-state index in [4.69, 9.17) is 0 Å². The topological polar surface area (TPSA) is 54.5 Å². The van der Waals surface area contributed by atoms with Gasteiger partial charge in [-0.25, -0.2) is 0 Å². The second-order valence-corrected chi connectivity index (χ2v) is 8.80. The fourth-order valence-corrected chi connectivity index (χ4v) is 3.25. The van der Waals surface area contributed by atoms with Crippen LogP contribution in [0.25, 0.3) is 0 Å². The van der Waals surface area contributed by atoms with E-state index in [0.717, 1.165) is 18.7 Å². The fraction of sp³-hybridized carbons (Fsp3) is 0.632. The number of H-pyrrole nitrogens is 1. The van der Waals surface area contributed by atoms with E-state index in [1.807, 2.05) is 0 Å². The molecule has 4 heteroatoms. The van der Waals surface area contributed by atoms with Crippen molar-refractivity contribution in [3.63, 3.8) is 0 Å². The van der Waals surface area contributed by atoms with Gasteiger partial charge in [0.2, 0.25) is 0 Å². The number of aromatic nitrogens is 4. The second-order valence-electron chi connectivity index (χ2n) is 8.80. The third-order valence-electron chi connectivity index (χ3n) is 4.37. The van der Waals surface area contributed by atoms with E-state index in [-0.39, 0.29) is 16.7 Å². The molecule has 2 rings (SSSR count). The summed E-state index contributed by atoms with van der Waals surface area (Å²) in [4.78, 5) is 0. The molecule has 1 aromatic carbocycles. The van der Waals surface area contributed by atoms with Crippen LogP contribution in [0.15, 0.2) is 30.3 Å². The standard InChI is InChI=1S/C19H30N4/c1-18(2,3)13-15(14-10-8-7-9-11-14)12-16(19(4,5)6)17-20-22-23-21-17/h7-11,15-16H,12-13H2,1-6H3,(H,20,21,22,23). The summed E-state index contributed by atoms with van der Waals surface area (Å²) < 4.78 is 0. The lowest BCUT2D eigenvalue weighted by Crippen LogP contribution is -2.24. The van der Waals surface area contributed by atoms with Gasteiger partial charge in [-0.3, -0.25) is 0 Å². The number of nitrogens with one attached hydrogen (secondary N) is 1. The summed E-state index contributed by atoms with van der Waals surface area (Å²) in [6, 6.07) is 10.8. The lowest BCUT2D eigenvalue weighted by Gasteiger charge is -2.34. The maximum absolute atomic E-state index is 4.28. The summed E-state index contributed by atoms with van der Waals surface area (Å²) in [6.45, 7) is 13.7. The first-order valence-electron chi connectivity index (χ1n) is 8.45. The molecule has 126 valence electrons. The highest BCUT2D eigenvalue weighted by atomic mass is 15.5. The van der Waals surface area contributed by atoms with Crippen LogP contribution in [0.4, 0.5) is 0 Å². The normalized spacial score (nSPS) is 15.4. The zero-order valence-electron chi connectivity index (χ0n) is 15.3. The molecule has 0 fully saturated rings. The molecule has 4 nitrogen and oxygen atoms in total. The number of hydrogen-bond acceptors (Lipinski definition) is 3. The Morgan fingerprint density at radius 1 is 1.00 bits per heavy atom. The number of rotatable bonds is 5. The second kappa shape index (κ2) is 6.81. The molecule has 1 aromatic heterocycles. The van der Waals surface area contributed by atoms with Crippen molar-refractivity contribution < 1.29 is 0 Å². The lowest BCUT2D eigenvalue weighted by molar-refractivity contribution is 0.249. The van der Waals surface area contributed by atoms with Gasteiger partial charge < -0.3 is 0 Å². The fourth-order valence-electron chi connectivity index (χ4n) is 3.25. The van der Waals surface area contributed by atoms with Crippen LogP contribution in [0.2, 0.25) is 0 Å². The van der Waals surface area contributed by atoms with Crippen molar-refractivity contribution in [1.82, 2.24) is 20.6 Å². The van der Waals surface area contributed by atoms with E-state index in [1.165, 1.54) is 5.56 Å². The van der Waals surface area contributed by atoms with Gasteiger partial charge in [0.1, 0.15) is 0 Å². The summed E-state index contributed by atoms with van der Waals surface area (Å²) in [7, 11) is 0. The number of aromatic amines is 1. The van der Waals surface area contributed by atoms with Crippen LogP contribution in [0, 0.1) is 10.8 Å². The lowest BCUT2D eigenvalue weighted by atomic mass is 9.70. The average Bonchev–Trinajstić information content (AvgIpc) is 2.95. The molecule has 23 heavy (non-hydrogen) atoms. The summed E-state index contributed by atoms with van der Waals surface area (Å²) in [6.07, 6.45) is 2.17. The van der Waals surface area contributed by atoms with Crippen LogP contribution >= 0.6 is 0 Å². The van der Waals surface area contributed by atoms with E-state index in [9.17, 15) is 0 Å². The van der Waals surface area contributed by atoms with Crippen molar-refractivity contribution in [1.29, 1.82) is 0 Å². The largest absolute Gasteiger partial charge is 0.178 e. The molecule has 0 radical (unpaired) electrons. The Labute approximate surface area is 140 Å². The first-order chi connectivity index (χ1) is 10.7. The molecule has 0 aliphatic carbocycles. The Morgan fingerprint density at radius 2 is 1.65 bits per heavy atom. The summed E-state index contributed by atoms with van der Waals surface area (Å²) in [5.41, 5.74) is 1.77. The molecule has 1 heterocycles. The van der Waals surface area contributed by atoms with Crippen molar-refractivity contribution in [2.24, 2.45) is 10.8 Å². The first kappa shape index (κ1) is 17.6. The van der Waals surface area contributed by atoms with Gasteiger partial charge in [0.25, 0.3) is 0 Å².